The Balaban J connectivity index is 0.000000274. The average molecular weight is 1390 g/mol. The fraction of sp³-hybridized carbons (Fsp3) is 0.326. The molecule has 454 valence electrons. The number of benzene rings is 3. The van der Waals surface area contributed by atoms with Gasteiger partial charge in [0.1, 0.15) is 21.3 Å². The Morgan fingerprint density at radius 2 is 1.15 bits per heavy atom. The van der Waals surface area contributed by atoms with Gasteiger partial charge in [0.25, 0.3) is 20.0 Å². The maximum absolute atomic E-state index is 12.9. The lowest BCUT2D eigenvalue weighted by Gasteiger charge is -2.32. The molecule has 1 aliphatic heterocycles. The summed E-state index contributed by atoms with van der Waals surface area (Å²) in [5, 5.41) is 10.7. The molecule has 0 saturated heterocycles. The number of halogens is 3. The molecule has 0 saturated carbocycles. The number of hydrogen-bond acceptors (Lipinski definition) is 27. The second kappa shape index (κ2) is 30.1. The van der Waals surface area contributed by atoms with Crippen LogP contribution in [0.4, 0.5) is 27.2 Å². The minimum absolute atomic E-state index is 0.0498. The Morgan fingerprint density at radius 3 is 1.64 bits per heavy atom. The lowest BCUT2D eigenvalue weighted by molar-refractivity contribution is -0.148. The normalized spacial score (nSPS) is 13.6. The van der Waals surface area contributed by atoms with Gasteiger partial charge in [0.15, 0.2) is 5.54 Å². The van der Waals surface area contributed by atoms with Crippen molar-refractivity contribution in [3.8, 4) is 18.0 Å². The van der Waals surface area contributed by atoms with Crippen LogP contribution >= 0.6 is 45.8 Å². The molecule has 84 heavy (non-hydrogen) atoms. The number of ether oxygens (including phenoxy) is 7. The lowest BCUT2D eigenvalue weighted by Crippen LogP contribution is -2.48. The van der Waals surface area contributed by atoms with E-state index in [9.17, 15) is 54.0 Å². The SMILES string of the molecule is CCOC(=O)C1=NN(c2ccc(Cl)cc2Cl)C(C)(C(=O)OCC)C1.COC(=O)c1ccc(CNS(C)(=O)=O)cc1S(=O)(=O)NC(=O)Nc1nc(OC)nc(OC)n1.COC(=O)c1ccc(I)cc1S(=O)(=O)NC(=O)Nc1nc(C)nc(OC)n1. The van der Waals surface area contributed by atoms with Crippen molar-refractivity contribution in [3.05, 3.63) is 90.7 Å². The molecule has 0 spiro atoms. The number of hydrazone groups is 1. The van der Waals surface area contributed by atoms with Gasteiger partial charge in [0.05, 0.1) is 76.9 Å². The van der Waals surface area contributed by atoms with Crippen LogP contribution in [0.25, 0.3) is 0 Å². The van der Waals surface area contributed by atoms with Crippen LogP contribution in [0.3, 0.4) is 0 Å². The fourth-order valence-corrected chi connectivity index (χ4v) is 10.5. The van der Waals surface area contributed by atoms with Crippen LogP contribution < -0.4 is 44.0 Å². The molecule has 6 rings (SSSR count). The highest BCUT2D eigenvalue weighted by atomic mass is 127. The zero-order valence-corrected chi connectivity index (χ0v) is 51.8. The van der Waals surface area contributed by atoms with Gasteiger partial charge in [-0.1, -0.05) is 29.3 Å². The van der Waals surface area contributed by atoms with Crippen molar-refractivity contribution in [2.24, 2.45) is 5.10 Å². The van der Waals surface area contributed by atoms with E-state index in [1.807, 2.05) is 22.6 Å². The van der Waals surface area contributed by atoms with Crippen LogP contribution in [0.5, 0.6) is 18.0 Å². The third kappa shape index (κ3) is 19.1. The summed E-state index contributed by atoms with van der Waals surface area (Å²) in [5.41, 5.74) is -1.01. The van der Waals surface area contributed by atoms with Gasteiger partial charge in [-0.3, -0.25) is 10.6 Å². The number of rotatable bonds is 19. The van der Waals surface area contributed by atoms with Gasteiger partial charge in [-0.25, -0.2) is 73.2 Å². The number of urea groups is 2. The highest BCUT2D eigenvalue weighted by Gasteiger charge is 2.49. The topological polar surface area (TPSA) is 423 Å². The molecule has 5 aromatic rings. The predicted octanol–water partition coefficient (Wildman–Crippen LogP) is 3.77. The van der Waals surface area contributed by atoms with Crippen molar-refractivity contribution in [1.29, 1.82) is 0 Å². The third-order valence-corrected chi connectivity index (χ3v) is 14.9. The molecule has 0 aliphatic carbocycles. The molecular formula is C46H52Cl2IN13O19S3. The summed E-state index contributed by atoms with van der Waals surface area (Å²) in [6.07, 6.45) is 0.980. The number of sulfonamides is 3. The van der Waals surface area contributed by atoms with Crippen molar-refractivity contribution in [3.63, 3.8) is 0 Å². The molecule has 2 aromatic heterocycles. The van der Waals surface area contributed by atoms with E-state index in [-0.39, 0.29) is 84.3 Å². The van der Waals surface area contributed by atoms with E-state index in [4.69, 9.17) is 46.9 Å². The van der Waals surface area contributed by atoms with Crippen LogP contribution in [0.1, 0.15) is 59.3 Å². The van der Waals surface area contributed by atoms with Crippen molar-refractivity contribution >= 4 is 135 Å². The highest BCUT2D eigenvalue weighted by Crippen LogP contribution is 2.39. The van der Waals surface area contributed by atoms with Crippen LogP contribution in [-0.2, 0) is 65.2 Å². The molecule has 1 unspecified atom stereocenters. The van der Waals surface area contributed by atoms with Crippen LogP contribution in [0, 0.1) is 10.5 Å². The number of aromatic nitrogens is 6. The number of nitrogens with zero attached hydrogens (tertiary/aromatic N) is 8. The van der Waals surface area contributed by atoms with Gasteiger partial charge < -0.3 is 33.2 Å². The van der Waals surface area contributed by atoms with Crippen molar-refractivity contribution in [1.82, 2.24) is 44.1 Å². The minimum Gasteiger partial charge on any atom is -0.467 e. The predicted molar refractivity (Wildman–Crippen MR) is 305 cm³/mol. The molecule has 3 heterocycles. The number of anilines is 3. The average Bonchev–Trinajstić information content (AvgIpc) is 2.00. The number of carbonyl (C=O) groups is 6. The summed E-state index contributed by atoms with van der Waals surface area (Å²) in [4.78, 5) is 94.4. The Hall–Kier alpha value is -7.91. The van der Waals surface area contributed by atoms with Crippen molar-refractivity contribution < 1.29 is 87.2 Å². The number of esters is 4. The second-order valence-electron chi connectivity index (χ2n) is 16.3. The second-order valence-corrected chi connectivity index (χ2v) is 23.6. The Bertz CT molecular complexity index is 3680. The monoisotopic (exact) mass is 1380 g/mol. The maximum atomic E-state index is 12.9. The van der Waals surface area contributed by atoms with Gasteiger partial charge in [-0.15, -0.1) is 4.98 Å². The zero-order valence-electron chi connectivity index (χ0n) is 45.7. The van der Waals surface area contributed by atoms with E-state index in [1.54, 1.807) is 55.3 Å². The number of nitrogens with one attached hydrogen (secondary N) is 5. The smallest absolute Gasteiger partial charge is 0.354 e. The molecule has 0 fully saturated rings. The van der Waals surface area contributed by atoms with E-state index >= 15 is 0 Å². The Morgan fingerprint density at radius 1 is 0.655 bits per heavy atom. The summed E-state index contributed by atoms with van der Waals surface area (Å²) in [7, 11) is -6.61. The van der Waals surface area contributed by atoms with E-state index < -0.39 is 81.3 Å². The summed E-state index contributed by atoms with van der Waals surface area (Å²) in [5.74, 6) is -3.26. The van der Waals surface area contributed by atoms with Crippen molar-refractivity contribution in [2.75, 3.05) is 70.7 Å². The summed E-state index contributed by atoms with van der Waals surface area (Å²) >= 11 is 14.0. The number of hydrogen-bond donors (Lipinski definition) is 5. The van der Waals surface area contributed by atoms with Gasteiger partial charge in [-0.2, -0.15) is 30.0 Å². The summed E-state index contributed by atoms with van der Waals surface area (Å²) in [6.45, 7) is 6.76. The van der Waals surface area contributed by atoms with E-state index in [2.05, 4.69) is 59.8 Å². The summed E-state index contributed by atoms with van der Waals surface area (Å²) < 4.78 is 113. The molecule has 1 atom stereocenters. The highest BCUT2D eigenvalue weighted by molar-refractivity contribution is 14.1. The molecule has 32 nitrogen and oxygen atoms in total. The van der Waals surface area contributed by atoms with Crippen LogP contribution in [0.2, 0.25) is 10.0 Å². The minimum atomic E-state index is -4.65. The first-order valence-corrected chi connectivity index (χ1v) is 30.1. The quantitative estimate of drug-likeness (QED) is 0.0446. The number of carbonyl (C=O) groups excluding carboxylic acids is 6. The lowest BCUT2D eigenvalue weighted by atomic mass is 9.95. The van der Waals surface area contributed by atoms with Crippen LogP contribution in [-0.4, -0.2) is 157 Å². The summed E-state index contributed by atoms with van der Waals surface area (Å²) in [6, 6.07) is 9.47. The molecule has 4 amide bonds. The van der Waals surface area contributed by atoms with E-state index in [0.717, 1.165) is 32.6 Å². The Labute approximate surface area is 503 Å². The standard InChI is InChI=1S/C16H18Cl2N2O4.C16H20N6O9S2.C14H14IN5O6S/c1-4-23-14(21)12-9-16(3,15(22)24-5-2)20(19-12)13-7-6-10(17)8-11(13)18;1-29-12(23)10-6-5-9(8-17-32(4,25)26)7-11(10)33(27,28)22-14(24)18-13-19-15(30-2)21-16(20-13)31-3;1-7-16-12(19-14(17-7)26-3)18-13(22)20-27(23,24)10-6-8(15)4-5-9(10)11(21)25-2/h6-8H,4-5,9H2,1-3H3;5-7,17H,8H2,1-4H3,(H2,18,19,20,21,22,24);4-6H,1-3H3,(H2,16,17,18,19,20,22). The maximum Gasteiger partial charge on any atom is 0.354 e. The van der Waals surface area contributed by atoms with Crippen molar-refractivity contribution in [2.45, 2.75) is 56.0 Å². The van der Waals surface area contributed by atoms with Gasteiger partial charge in [0, 0.05) is 21.6 Å². The molecule has 0 radical (unpaired) electrons. The largest absolute Gasteiger partial charge is 0.467 e. The van der Waals surface area contributed by atoms with E-state index in [0.29, 0.717) is 19.3 Å². The number of methoxy groups -OCH3 is 5. The third-order valence-electron chi connectivity index (χ3n) is 10.3. The zero-order chi connectivity index (χ0) is 62.9. The molecular weight excluding hydrogens is 1330 g/mol. The molecule has 1 aliphatic rings. The first kappa shape index (κ1) is 68.6. The first-order valence-electron chi connectivity index (χ1n) is 23.4. The molecule has 0 bridgehead atoms. The number of amides is 4. The molecule has 5 N–H and O–H groups in total. The fourth-order valence-electron chi connectivity index (χ4n) is 6.59. The number of aryl methyl sites for hydroxylation is 1. The van der Waals surface area contributed by atoms with E-state index in [1.165, 1.54) is 50.6 Å². The first-order chi connectivity index (χ1) is 39.4. The van der Waals surface area contributed by atoms with Gasteiger partial charge >= 0.3 is 54.0 Å². The van der Waals surface area contributed by atoms with Gasteiger partial charge in [-0.05, 0) is 104 Å². The Kier molecular flexibility index (Phi) is 24.5. The van der Waals surface area contributed by atoms with Gasteiger partial charge in [0.2, 0.25) is 21.9 Å². The molecule has 3 aromatic carbocycles. The molecule has 38 heteroatoms. The van der Waals surface area contributed by atoms with Crippen LogP contribution in [0.15, 0.2) is 69.5 Å².